The van der Waals surface area contributed by atoms with E-state index >= 15 is 0 Å². The smallest absolute Gasteiger partial charge is 0.352 e. The Morgan fingerprint density at radius 2 is 1.41 bits per heavy atom. The van der Waals surface area contributed by atoms with E-state index in [-0.39, 0.29) is 19.0 Å². The van der Waals surface area contributed by atoms with Gasteiger partial charge in [0.1, 0.15) is 6.61 Å². The number of carbonyl (C=O) groups excluding carboxylic acids is 2. The molecule has 0 fully saturated rings. The van der Waals surface area contributed by atoms with Crippen molar-refractivity contribution in [2.24, 2.45) is 0 Å². The van der Waals surface area contributed by atoms with E-state index in [1.54, 1.807) is 24.3 Å². The van der Waals surface area contributed by atoms with Gasteiger partial charge >= 0.3 is 5.97 Å². The van der Waals surface area contributed by atoms with Crippen molar-refractivity contribution in [1.82, 2.24) is 0 Å². The van der Waals surface area contributed by atoms with Gasteiger partial charge in [0.15, 0.2) is 0 Å². The predicted molar refractivity (Wildman–Crippen MR) is 101 cm³/mol. The van der Waals surface area contributed by atoms with Gasteiger partial charge in [0.2, 0.25) is 6.10 Å². The number of carbonyl (C=O) groups is 2. The minimum atomic E-state index is -1.06. The maximum atomic E-state index is 12.6. The van der Waals surface area contributed by atoms with Crippen LogP contribution in [0.25, 0.3) is 11.1 Å². The molecule has 1 aliphatic rings. The summed E-state index contributed by atoms with van der Waals surface area (Å²) in [5, 5.41) is 0. The number of benzene rings is 3. The first-order valence-electron chi connectivity index (χ1n) is 8.78. The summed E-state index contributed by atoms with van der Waals surface area (Å²) in [4.78, 5) is 23.5. The molecule has 0 aliphatic heterocycles. The molecular formula is C23H18O4. The van der Waals surface area contributed by atoms with Gasteiger partial charge in [-0.25, -0.2) is 4.79 Å². The zero-order valence-electron chi connectivity index (χ0n) is 14.6. The first-order valence-corrected chi connectivity index (χ1v) is 8.78. The van der Waals surface area contributed by atoms with Crippen molar-refractivity contribution in [2.45, 2.75) is 12.0 Å². The number of hydrogen-bond acceptors (Lipinski definition) is 4. The fourth-order valence-electron chi connectivity index (χ4n) is 3.63. The lowest BCUT2D eigenvalue weighted by molar-refractivity contribution is -0.162. The van der Waals surface area contributed by atoms with Gasteiger partial charge in [-0.1, -0.05) is 78.9 Å². The van der Waals surface area contributed by atoms with Crippen molar-refractivity contribution in [3.05, 3.63) is 95.6 Å². The van der Waals surface area contributed by atoms with Crippen molar-refractivity contribution in [3.63, 3.8) is 0 Å². The Balaban J connectivity index is 1.56. The third-order valence-electron chi connectivity index (χ3n) is 4.86. The highest BCUT2D eigenvalue weighted by molar-refractivity contribution is 5.80. The third-order valence-corrected chi connectivity index (χ3v) is 4.86. The van der Waals surface area contributed by atoms with Gasteiger partial charge in [0.25, 0.3) is 6.47 Å². The molecule has 0 N–H and O–H groups in total. The Hall–Kier alpha value is -3.40. The number of ether oxygens (including phenoxy) is 2. The maximum absolute atomic E-state index is 12.6. The highest BCUT2D eigenvalue weighted by Crippen LogP contribution is 2.44. The summed E-state index contributed by atoms with van der Waals surface area (Å²) in [6, 6.07) is 25.1. The quantitative estimate of drug-likeness (QED) is 0.488. The molecule has 27 heavy (non-hydrogen) atoms. The molecule has 3 aromatic rings. The molecule has 4 heteroatoms. The normalized spacial score (nSPS) is 13.3. The molecule has 0 heterocycles. The van der Waals surface area contributed by atoms with Crippen molar-refractivity contribution in [2.75, 3.05) is 6.61 Å². The molecule has 0 radical (unpaired) electrons. The monoisotopic (exact) mass is 358 g/mol. The second-order valence-corrected chi connectivity index (χ2v) is 6.38. The van der Waals surface area contributed by atoms with Crippen LogP contribution in [0.3, 0.4) is 0 Å². The van der Waals surface area contributed by atoms with E-state index in [2.05, 4.69) is 24.3 Å². The minimum Gasteiger partial charge on any atom is -0.462 e. The van der Waals surface area contributed by atoms with E-state index in [1.807, 2.05) is 30.3 Å². The fraction of sp³-hybridized carbons (Fsp3) is 0.130. The average molecular weight is 358 g/mol. The summed E-state index contributed by atoms with van der Waals surface area (Å²) in [6.45, 7) is 0.470. The molecule has 4 rings (SSSR count). The summed E-state index contributed by atoms with van der Waals surface area (Å²) < 4.78 is 10.6. The molecule has 1 aliphatic carbocycles. The SMILES string of the molecule is O=COC(C(=O)OCC1c2ccccc2-c2ccccc21)c1ccccc1. The van der Waals surface area contributed by atoms with Gasteiger partial charge in [0.05, 0.1) is 0 Å². The largest absolute Gasteiger partial charge is 0.462 e. The lowest BCUT2D eigenvalue weighted by Gasteiger charge is -2.18. The van der Waals surface area contributed by atoms with Crippen molar-refractivity contribution in [3.8, 4) is 11.1 Å². The summed E-state index contributed by atoms with van der Waals surface area (Å²) in [5.74, 6) is -0.607. The Kier molecular flexibility index (Phi) is 4.71. The van der Waals surface area contributed by atoms with Crippen LogP contribution < -0.4 is 0 Å². The van der Waals surface area contributed by atoms with Gasteiger partial charge in [0, 0.05) is 11.5 Å². The second kappa shape index (κ2) is 7.46. The van der Waals surface area contributed by atoms with Crippen LogP contribution in [-0.2, 0) is 19.1 Å². The highest BCUT2D eigenvalue weighted by Gasteiger charge is 2.31. The highest BCUT2D eigenvalue weighted by atomic mass is 16.6. The van der Waals surface area contributed by atoms with E-state index < -0.39 is 12.1 Å². The van der Waals surface area contributed by atoms with Crippen LogP contribution in [0, 0.1) is 0 Å². The molecule has 0 amide bonds. The molecule has 0 bridgehead atoms. The topological polar surface area (TPSA) is 52.6 Å². The molecule has 1 atom stereocenters. The summed E-state index contributed by atoms with van der Waals surface area (Å²) in [6.07, 6.45) is -1.06. The molecular weight excluding hydrogens is 340 g/mol. The summed E-state index contributed by atoms with van der Waals surface area (Å²) in [5.41, 5.74) is 5.19. The third kappa shape index (κ3) is 3.22. The molecule has 134 valence electrons. The molecule has 0 saturated heterocycles. The van der Waals surface area contributed by atoms with Crippen LogP contribution in [0.1, 0.15) is 28.7 Å². The Morgan fingerprint density at radius 1 is 0.852 bits per heavy atom. The first kappa shape index (κ1) is 17.0. The molecule has 4 nitrogen and oxygen atoms in total. The molecule has 0 aromatic heterocycles. The average Bonchev–Trinajstić information content (AvgIpc) is 3.05. The number of esters is 1. The van der Waals surface area contributed by atoms with E-state index in [4.69, 9.17) is 9.47 Å². The van der Waals surface area contributed by atoms with Gasteiger partial charge in [-0.05, 0) is 22.3 Å². The van der Waals surface area contributed by atoms with Gasteiger partial charge in [-0.3, -0.25) is 4.79 Å². The molecule has 0 spiro atoms. The number of hydrogen-bond donors (Lipinski definition) is 0. The van der Waals surface area contributed by atoms with Gasteiger partial charge in [-0.15, -0.1) is 0 Å². The lowest BCUT2D eigenvalue weighted by Crippen LogP contribution is -2.21. The summed E-state index contributed by atoms with van der Waals surface area (Å²) in [7, 11) is 0. The van der Waals surface area contributed by atoms with E-state index in [1.165, 1.54) is 0 Å². The van der Waals surface area contributed by atoms with E-state index in [0.29, 0.717) is 5.56 Å². The predicted octanol–water partition coefficient (Wildman–Crippen LogP) is 4.26. The van der Waals surface area contributed by atoms with Crippen LogP contribution >= 0.6 is 0 Å². The number of rotatable bonds is 6. The molecule has 0 saturated carbocycles. The van der Waals surface area contributed by atoms with Crippen LogP contribution in [0.15, 0.2) is 78.9 Å². The molecule has 1 unspecified atom stereocenters. The van der Waals surface area contributed by atoms with Gasteiger partial charge in [-0.2, -0.15) is 0 Å². The fourth-order valence-corrected chi connectivity index (χ4v) is 3.63. The van der Waals surface area contributed by atoms with E-state index in [0.717, 1.165) is 22.3 Å². The minimum absolute atomic E-state index is 0.0333. The Labute approximate surface area is 157 Å². The standard InChI is InChI=1S/C23H18O4/c24-15-27-22(16-8-2-1-3-9-16)23(25)26-14-21-19-12-6-4-10-17(19)18-11-5-7-13-20(18)21/h1-13,15,21-22H,14H2. The van der Waals surface area contributed by atoms with Crippen LogP contribution in [0.5, 0.6) is 0 Å². The van der Waals surface area contributed by atoms with Crippen molar-refractivity contribution in [1.29, 1.82) is 0 Å². The van der Waals surface area contributed by atoms with E-state index in [9.17, 15) is 9.59 Å². The zero-order valence-corrected chi connectivity index (χ0v) is 14.6. The van der Waals surface area contributed by atoms with Crippen LogP contribution in [-0.4, -0.2) is 19.0 Å². The van der Waals surface area contributed by atoms with Crippen molar-refractivity contribution >= 4 is 12.4 Å². The summed E-state index contributed by atoms with van der Waals surface area (Å²) >= 11 is 0. The van der Waals surface area contributed by atoms with Gasteiger partial charge < -0.3 is 9.47 Å². The lowest BCUT2D eigenvalue weighted by atomic mass is 9.98. The molecule has 3 aromatic carbocycles. The Morgan fingerprint density at radius 3 is 2.00 bits per heavy atom. The van der Waals surface area contributed by atoms with Crippen LogP contribution in [0.2, 0.25) is 0 Å². The van der Waals surface area contributed by atoms with Crippen molar-refractivity contribution < 1.29 is 19.1 Å². The van der Waals surface area contributed by atoms with Crippen LogP contribution in [0.4, 0.5) is 0 Å². The first-order chi connectivity index (χ1) is 13.3. The number of fused-ring (bicyclic) bond motifs is 3. The Bertz CT molecular complexity index is 919. The maximum Gasteiger partial charge on any atom is 0.352 e. The zero-order chi connectivity index (χ0) is 18.6. The second-order valence-electron chi connectivity index (χ2n) is 6.38.